The van der Waals surface area contributed by atoms with E-state index < -0.39 is 0 Å². The summed E-state index contributed by atoms with van der Waals surface area (Å²) in [6.07, 6.45) is 1.84. The van der Waals surface area contributed by atoms with Gasteiger partial charge in [-0.3, -0.25) is 4.79 Å². The molecule has 3 heteroatoms. The number of quaternary nitrogens is 1. The Kier molecular flexibility index (Phi) is 2.06. The molecule has 1 fully saturated rings. The average molecular weight is 143 g/mol. The van der Waals surface area contributed by atoms with Crippen molar-refractivity contribution in [2.24, 2.45) is 0 Å². The lowest BCUT2D eigenvalue weighted by Gasteiger charge is -2.37. The molecule has 0 N–H and O–H groups in total. The van der Waals surface area contributed by atoms with Crippen LogP contribution >= 0.6 is 0 Å². The Labute approximate surface area is 60.8 Å². The highest BCUT2D eigenvalue weighted by molar-refractivity contribution is 5.78. The van der Waals surface area contributed by atoms with E-state index in [1.54, 1.807) is 7.05 Å². The van der Waals surface area contributed by atoms with Crippen LogP contribution in [0.3, 0.4) is 0 Å². The van der Waals surface area contributed by atoms with Crippen LogP contribution in [0, 0.1) is 5.21 Å². The quantitative estimate of drug-likeness (QED) is 0.369. The molecular weight excluding hydrogens is 130 g/mol. The van der Waals surface area contributed by atoms with Crippen molar-refractivity contribution in [1.82, 2.24) is 0 Å². The summed E-state index contributed by atoms with van der Waals surface area (Å²) in [6.45, 7) is 1.07. The summed E-state index contributed by atoms with van der Waals surface area (Å²) in [7, 11) is 1.64. The van der Waals surface area contributed by atoms with Gasteiger partial charge in [-0.05, 0) is 0 Å². The van der Waals surface area contributed by atoms with Crippen LogP contribution in [0.1, 0.15) is 19.3 Å². The van der Waals surface area contributed by atoms with Crippen LogP contribution in [-0.4, -0.2) is 30.6 Å². The van der Waals surface area contributed by atoms with Crippen LogP contribution in [0.2, 0.25) is 0 Å². The van der Waals surface area contributed by atoms with Crippen molar-refractivity contribution in [3.8, 4) is 0 Å². The number of nitrogens with zero attached hydrogens (tertiary/aromatic N) is 1. The van der Waals surface area contributed by atoms with Crippen molar-refractivity contribution >= 4 is 5.78 Å². The van der Waals surface area contributed by atoms with Gasteiger partial charge in [0.25, 0.3) is 0 Å². The largest absolute Gasteiger partial charge is 0.633 e. The maximum absolute atomic E-state index is 11.3. The first kappa shape index (κ1) is 7.69. The smallest absolute Gasteiger partial charge is 0.138 e. The molecule has 3 nitrogen and oxygen atoms in total. The zero-order chi connectivity index (χ0) is 7.61. The van der Waals surface area contributed by atoms with Crippen molar-refractivity contribution in [1.29, 1.82) is 0 Å². The summed E-state index contributed by atoms with van der Waals surface area (Å²) in [5.41, 5.74) is 0. The van der Waals surface area contributed by atoms with E-state index in [-0.39, 0.29) is 10.4 Å². The number of hydrogen-bond donors (Lipinski definition) is 0. The van der Waals surface area contributed by atoms with Gasteiger partial charge >= 0.3 is 0 Å². The average Bonchev–Trinajstić information content (AvgIpc) is 1.94. The minimum atomic E-state index is -0.230. The van der Waals surface area contributed by atoms with E-state index in [2.05, 4.69) is 0 Å². The molecule has 0 aromatic carbocycles. The number of hydrogen-bond acceptors (Lipinski definition) is 2. The molecule has 1 atom stereocenters. The third kappa shape index (κ3) is 2.08. The maximum Gasteiger partial charge on any atom is 0.138 e. The topological polar surface area (TPSA) is 40.1 Å². The minimum Gasteiger partial charge on any atom is -0.633 e. The lowest BCUT2D eigenvalue weighted by atomic mass is 10.2. The number of likely N-dealkylation sites (tertiary alicyclic amines) is 1. The van der Waals surface area contributed by atoms with Gasteiger partial charge < -0.3 is 9.85 Å². The van der Waals surface area contributed by atoms with Gasteiger partial charge in [-0.25, -0.2) is 0 Å². The molecule has 1 unspecified atom stereocenters. The summed E-state index contributed by atoms with van der Waals surface area (Å²) in [4.78, 5) is 10.8. The first-order valence-electron chi connectivity index (χ1n) is 3.67. The summed E-state index contributed by atoms with van der Waals surface area (Å²) in [6, 6.07) is 0. The van der Waals surface area contributed by atoms with Crippen molar-refractivity contribution < 1.29 is 9.44 Å². The molecule has 1 aliphatic heterocycles. The van der Waals surface area contributed by atoms with E-state index in [1.165, 1.54) is 0 Å². The van der Waals surface area contributed by atoms with Crippen LogP contribution < -0.4 is 0 Å². The second kappa shape index (κ2) is 2.68. The highest BCUT2D eigenvalue weighted by Gasteiger charge is 2.17. The minimum absolute atomic E-state index is 0.230. The molecule has 0 amide bonds. The predicted octanol–water partition coefficient (Wildman–Crippen LogP) is 0.684. The molecule has 0 bridgehead atoms. The Morgan fingerprint density at radius 1 is 1.40 bits per heavy atom. The Morgan fingerprint density at radius 2 is 2.10 bits per heavy atom. The van der Waals surface area contributed by atoms with Crippen molar-refractivity contribution in [2.45, 2.75) is 19.3 Å². The number of rotatable bonds is 0. The lowest BCUT2D eigenvalue weighted by molar-refractivity contribution is -0.859. The van der Waals surface area contributed by atoms with Crippen molar-refractivity contribution in [3.63, 3.8) is 0 Å². The van der Waals surface area contributed by atoms with Gasteiger partial charge in [0.1, 0.15) is 5.78 Å². The fraction of sp³-hybridized carbons (Fsp3) is 0.857. The number of carbonyl (C=O) groups is 1. The third-order valence-electron chi connectivity index (χ3n) is 1.95. The maximum atomic E-state index is 11.3. The molecule has 0 spiro atoms. The summed E-state index contributed by atoms with van der Waals surface area (Å²) >= 11 is 0. The number of ketones is 1. The third-order valence-corrected chi connectivity index (χ3v) is 1.95. The Morgan fingerprint density at radius 3 is 2.80 bits per heavy atom. The number of Topliss-reactive ketones (excluding diaryl/α,β-unsaturated/α-hetero) is 1. The molecular formula is C7H13NO2. The number of hydroxylamine groups is 3. The molecule has 0 aliphatic carbocycles. The molecule has 1 heterocycles. The second-order valence-corrected chi connectivity index (χ2v) is 3.14. The van der Waals surface area contributed by atoms with Crippen molar-refractivity contribution in [3.05, 3.63) is 5.21 Å². The summed E-state index contributed by atoms with van der Waals surface area (Å²) in [5, 5.41) is 11.3. The Hall–Kier alpha value is -0.410. The first-order valence-corrected chi connectivity index (χ1v) is 3.67. The SMILES string of the molecule is C[N+]1([O-])CCCC(=O)CC1. The second-order valence-electron chi connectivity index (χ2n) is 3.14. The van der Waals surface area contributed by atoms with E-state index in [0.29, 0.717) is 25.9 Å². The van der Waals surface area contributed by atoms with Crippen LogP contribution in [-0.2, 0) is 4.79 Å². The van der Waals surface area contributed by atoms with E-state index in [0.717, 1.165) is 6.42 Å². The molecule has 10 heavy (non-hydrogen) atoms. The molecule has 0 aromatic heterocycles. The highest BCUT2D eigenvalue weighted by Crippen LogP contribution is 2.11. The Bertz CT molecular complexity index is 143. The van der Waals surface area contributed by atoms with Crippen molar-refractivity contribution in [2.75, 3.05) is 20.1 Å². The fourth-order valence-corrected chi connectivity index (χ4v) is 1.21. The molecule has 0 aromatic rings. The van der Waals surface area contributed by atoms with Crippen LogP contribution in [0.4, 0.5) is 0 Å². The molecule has 0 radical (unpaired) electrons. The van der Waals surface area contributed by atoms with Crippen LogP contribution in [0.5, 0.6) is 0 Å². The van der Waals surface area contributed by atoms with Gasteiger partial charge in [0.2, 0.25) is 0 Å². The predicted molar refractivity (Wildman–Crippen MR) is 38.1 cm³/mol. The van der Waals surface area contributed by atoms with Gasteiger partial charge in [0.05, 0.1) is 26.6 Å². The van der Waals surface area contributed by atoms with Gasteiger partial charge in [0.15, 0.2) is 0 Å². The highest BCUT2D eigenvalue weighted by atomic mass is 16.5. The molecule has 1 saturated heterocycles. The van der Waals surface area contributed by atoms with Gasteiger partial charge in [-0.1, -0.05) is 0 Å². The summed E-state index contributed by atoms with van der Waals surface area (Å²) < 4.78 is -0.230. The fourth-order valence-electron chi connectivity index (χ4n) is 1.21. The van der Waals surface area contributed by atoms with Gasteiger partial charge in [-0.15, -0.1) is 0 Å². The monoisotopic (exact) mass is 143 g/mol. The first-order chi connectivity index (χ1) is 4.60. The normalized spacial score (nSPS) is 35.6. The van der Waals surface area contributed by atoms with E-state index >= 15 is 0 Å². The lowest BCUT2D eigenvalue weighted by Crippen LogP contribution is -2.38. The Balaban J connectivity index is 2.48. The molecule has 1 aliphatic rings. The zero-order valence-corrected chi connectivity index (χ0v) is 6.30. The van der Waals surface area contributed by atoms with E-state index in [4.69, 9.17) is 0 Å². The zero-order valence-electron chi connectivity index (χ0n) is 6.30. The van der Waals surface area contributed by atoms with E-state index in [1.807, 2.05) is 0 Å². The van der Waals surface area contributed by atoms with Gasteiger partial charge in [0, 0.05) is 12.8 Å². The summed E-state index contributed by atoms with van der Waals surface area (Å²) in [5.74, 6) is 0.248. The standard InChI is InChI=1S/C7H13NO2/c1-8(10)5-2-3-7(9)4-6-8/h2-6H2,1H3. The van der Waals surface area contributed by atoms with E-state index in [9.17, 15) is 10.0 Å². The van der Waals surface area contributed by atoms with Crippen LogP contribution in [0.15, 0.2) is 0 Å². The number of carbonyl (C=O) groups excluding carboxylic acids is 1. The van der Waals surface area contributed by atoms with Crippen LogP contribution in [0.25, 0.3) is 0 Å². The van der Waals surface area contributed by atoms with Gasteiger partial charge in [-0.2, -0.15) is 0 Å². The molecule has 0 saturated carbocycles. The molecule has 1 rings (SSSR count). The molecule has 58 valence electrons.